The Hall–Kier alpha value is -1.66. The molecule has 6 nitrogen and oxygen atoms in total. The van der Waals surface area contributed by atoms with Gasteiger partial charge < -0.3 is 20.3 Å². The number of hydrogen-bond acceptors (Lipinski definition) is 5. The molecule has 3 unspecified atom stereocenters. The SMILES string of the molecule is CCCCCCCC/C=C/CCCCCCCCCCCC(=O)OC(CCCCC/C=C/CCCCCCCCC)CC(=O)NC(CO)C(O)CCCCCCCCCCCC. The molecule has 3 atom stereocenters. The molecule has 1 amide bonds. The van der Waals surface area contributed by atoms with Crippen LogP contribution >= 0.6 is 0 Å². The fraction of sp³-hybridized carbons (Fsp3) is 0.893. The fourth-order valence-electron chi connectivity index (χ4n) is 8.54. The number of aliphatic hydroxyl groups is 2. The van der Waals surface area contributed by atoms with Crippen LogP contribution in [0.15, 0.2) is 24.3 Å². The predicted octanol–water partition coefficient (Wildman–Crippen LogP) is 16.7. The van der Waals surface area contributed by atoms with Crippen molar-refractivity contribution in [3.8, 4) is 0 Å². The summed E-state index contributed by atoms with van der Waals surface area (Å²) >= 11 is 0. The molecule has 0 fully saturated rings. The standard InChI is InChI=1S/C56H107NO5/c1-4-7-10-13-16-19-22-24-26-27-28-29-30-32-34-37-40-43-46-49-56(61)62-52(47-44-41-38-35-33-31-25-23-20-17-14-11-8-5-2)50-55(60)57-53(51-58)54(59)48-45-42-39-36-21-18-15-12-9-6-3/h24,26,31,33,52-54,58-59H,4-23,25,27-30,32,34-51H2,1-3H3,(H,57,60)/b26-24+,33-31+. The van der Waals surface area contributed by atoms with Crippen molar-refractivity contribution in [3.05, 3.63) is 24.3 Å². The maximum atomic E-state index is 13.2. The molecule has 62 heavy (non-hydrogen) atoms. The second kappa shape index (κ2) is 50.3. The molecule has 0 saturated heterocycles. The number of esters is 1. The van der Waals surface area contributed by atoms with Gasteiger partial charge in [-0.05, 0) is 77.0 Å². The summed E-state index contributed by atoms with van der Waals surface area (Å²) in [6, 6.07) is -0.702. The van der Waals surface area contributed by atoms with Crippen LogP contribution in [0.5, 0.6) is 0 Å². The third kappa shape index (κ3) is 44.9. The van der Waals surface area contributed by atoms with Crippen LogP contribution in [0.3, 0.4) is 0 Å². The van der Waals surface area contributed by atoms with Crippen LogP contribution in [0.2, 0.25) is 0 Å². The van der Waals surface area contributed by atoms with E-state index in [1.807, 2.05) is 0 Å². The van der Waals surface area contributed by atoms with Crippen molar-refractivity contribution >= 4 is 11.9 Å². The van der Waals surface area contributed by atoms with E-state index in [0.29, 0.717) is 19.3 Å². The van der Waals surface area contributed by atoms with Gasteiger partial charge >= 0.3 is 5.97 Å². The summed E-state index contributed by atoms with van der Waals surface area (Å²) in [7, 11) is 0. The number of allylic oxidation sites excluding steroid dienone is 4. The van der Waals surface area contributed by atoms with Crippen LogP contribution in [0.4, 0.5) is 0 Å². The molecule has 0 heterocycles. The van der Waals surface area contributed by atoms with Crippen molar-refractivity contribution < 1.29 is 24.5 Å². The molecule has 0 radical (unpaired) electrons. The molecule has 6 heteroatoms. The van der Waals surface area contributed by atoms with Gasteiger partial charge in [0.15, 0.2) is 0 Å². The van der Waals surface area contributed by atoms with E-state index < -0.39 is 18.2 Å². The maximum Gasteiger partial charge on any atom is 0.306 e. The zero-order valence-electron chi connectivity index (χ0n) is 41.8. The highest BCUT2D eigenvalue weighted by molar-refractivity contribution is 5.77. The van der Waals surface area contributed by atoms with E-state index in [1.54, 1.807) is 0 Å². The van der Waals surface area contributed by atoms with Crippen LogP contribution in [-0.4, -0.2) is 46.9 Å². The smallest absolute Gasteiger partial charge is 0.306 e. The highest BCUT2D eigenvalue weighted by Gasteiger charge is 2.24. The number of nitrogens with one attached hydrogen (secondary N) is 1. The minimum Gasteiger partial charge on any atom is -0.462 e. The molecule has 0 aliphatic heterocycles. The van der Waals surface area contributed by atoms with Gasteiger partial charge in [0.2, 0.25) is 5.91 Å². The first-order chi connectivity index (χ1) is 30.5. The highest BCUT2D eigenvalue weighted by Crippen LogP contribution is 2.18. The Morgan fingerprint density at radius 1 is 0.452 bits per heavy atom. The first kappa shape index (κ1) is 60.3. The molecule has 0 rings (SSSR count). The zero-order valence-corrected chi connectivity index (χ0v) is 41.8. The first-order valence-corrected chi connectivity index (χ1v) is 27.6. The molecule has 0 aromatic carbocycles. The van der Waals surface area contributed by atoms with E-state index in [-0.39, 0.29) is 24.9 Å². The molecule has 3 N–H and O–H groups in total. The van der Waals surface area contributed by atoms with Gasteiger partial charge in [-0.2, -0.15) is 0 Å². The van der Waals surface area contributed by atoms with Gasteiger partial charge in [0.25, 0.3) is 0 Å². The normalized spacial score (nSPS) is 13.3. The Balaban J connectivity index is 4.51. The summed E-state index contributed by atoms with van der Waals surface area (Å²) in [6.07, 6.45) is 58.2. The lowest BCUT2D eigenvalue weighted by Gasteiger charge is -2.24. The van der Waals surface area contributed by atoms with E-state index in [0.717, 1.165) is 64.2 Å². The number of ether oxygens (including phenoxy) is 1. The molecular formula is C56H107NO5. The number of aliphatic hydroxyl groups excluding tert-OH is 2. The van der Waals surface area contributed by atoms with Crippen LogP contribution in [0.1, 0.15) is 297 Å². The molecule has 0 aliphatic carbocycles. The Kier molecular flexibility index (Phi) is 49.0. The van der Waals surface area contributed by atoms with Crippen molar-refractivity contribution in [2.24, 2.45) is 0 Å². The average Bonchev–Trinajstić information content (AvgIpc) is 3.26. The van der Waals surface area contributed by atoms with Gasteiger partial charge in [-0.3, -0.25) is 9.59 Å². The summed E-state index contributed by atoms with van der Waals surface area (Å²) in [6.45, 7) is 6.48. The lowest BCUT2D eigenvalue weighted by atomic mass is 10.0. The molecule has 0 saturated carbocycles. The summed E-state index contributed by atoms with van der Waals surface area (Å²) in [5, 5.41) is 23.7. The van der Waals surface area contributed by atoms with Crippen LogP contribution in [-0.2, 0) is 14.3 Å². The van der Waals surface area contributed by atoms with E-state index in [2.05, 4.69) is 50.4 Å². The molecule has 0 spiro atoms. The summed E-state index contributed by atoms with van der Waals surface area (Å²) in [5.74, 6) is -0.478. The number of amides is 1. The molecule has 0 aliphatic rings. The van der Waals surface area contributed by atoms with Crippen molar-refractivity contribution in [3.63, 3.8) is 0 Å². The lowest BCUT2D eigenvalue weighted by molar-refractivity contribution is -0.151. The number of rotatable bonds is 50. The quantitative estimate of drug-likeness (QED) is 0.0321. The Labute approximate surface area is 386 Å². The third-order valence-electron chi connectivity index (χ3n) is 12.8. The lowest BCUT2D eigenvalue weighted by Crippen LogP contribution is -2.46. The Morgan fingerprint density at radius 2 is 0.774 bits per heavy atom. The largest absolute Gasteiger partial charge is 0.462 e. The number of hydrogen-bond donors (Lipinski definition) is 3. The topological polar surface area (TPSA) is 95.9 Å². The predicted molar refractivity (Wildman–Crippen MR) is 269 cm³/mol. The van der Waals surface area contributed by atoms with Gasteiger partial charge in [0.05, 0.1) is 25.2 Å². The second-order valence-corrected chi connectivity index (χ2v) is 19.0. The molecule has 366 valence electrons. The minimum atomic E-state index is -0.787. The Morgan fingerprint density at radius 3 is 1.16 bits per heavy atom. The maximum absolute atomic E-state index is 13.2. The van der Waals surface area contributed by atoms with Gasteiger partial charge in [-0.15, -0.1) is 0 Å². The van der Waals surface area contributed by atoms with E-state index in [9.17, 15) is 19.8 Å². The monoisotopic (exact) mass is 874 g/mol. The fourth-order valence-corrected chi connectivity index (χ4v) is 8.54. The van der Waals surface area contributed by atoms with E-state index in [1.165, 1.54) is 186 Å². The van der Waals surface area contributed by atoms with Gasteiger partial charge in [-0.25, -0.2) is 0 Å². The summed E-state index contributed by atoms with van der Waals surface area (Å²) < 4.78 is 5.94. The average molecular weight is 874 g/mol. The summed E-state index contributed by atoms with van der Waals surface area (Å²) in [4.78, 5) is 26.2. The van der Waals surface area contributed by atoms with Crippen LogP contribution in [0.25, 0.3) is 0 Å². The summed E-state index contributed by atoms with van der Waals surface area (Å²) in [5.41, 5.74) is 0. The molecule has 0 aromatic rings. The minimum absolute atomic E-state index is 0.0705. The van der Waals surface area contributed by atoms with E-state index in [4.69, 9.17) is 4.74 Å². The third-order valence-corrected chi connectivity index (χ3v) is 12.8. The van der Waals surface area contributed by atoms with Crippen molar-refractivity contribution in [2.45, 2.75) is 315 Å². The van der Waals surface area contributed by atoms with Crippen molar-refractivity contribution in [1.82, 2.24) is 5.32 Å². The van der Waals surface area contributed by atoms with Crippen LogP contribution < -0.4 is 5.32 Å². The van der Waals surface area contributed by atoms with Gasteiger partial charge in [0, 0.05) is 6.42 Å². The van der Waals surface area contributed by atoms with Gasteiger partial charge in [0.1, 0.15) is 6.10 Å². The molecule has 0 bridgehead atoms. The Bertz CT molecular complexity index is 981. The van der Waals surface area contributed by atoms with Gasteiger partial charge in [-0.1, -0.05) is 231 Å². The highest BCUT2D eigenvalue weighted by atomic mass is 16.5. The second-order valence-electron chi connectivity index (χ2n) is 19.0. The van der Waals surface area contributed by atoms with Crippen molar-refractivity contribution in [2.75, 3.05) is 6.61 Å². The zero-order chi connectivity index (χ0) is 45.2. The molecular weight excluding hydrogens is 767 g/mol. The number of carbonyl (C=O) groups is 2. The van der Waals surface area contributed by atoms with Crippen molar-refractivity contribution in [1.29, 1.82) is 0 Å². The molecule has 0 aromatic heterocycles. The first-order valence-electron chi connectivity index (χ1n) is 27.6. The van der Waals surface area contributed by atoms with E-state index >= 15 is 0 Å². The van der Waals surface area contributed by atoms with Crippen LogP contribution in [0, 0.1) is 0 Å². The number of carbonyl (C=O) groups excluding carboxylic acids is 2. The number of unbranched alkanes of at least 4 members (excludes halogenated alkanes) is 34.